The van der Waals surface area contributed by atoms with Crippen molar-refractivity contribution in [2.75, 3.05) is 6.54 Å². The van der Waals surface area contributed by atoms with Gasteiger partial charge in [-0.2, -0.15) is 0 Å². The first kappa shape index (κ1) is 14.5. The standard InChI is InChI=1S/C14H27NO2/c1-11-7-5-6-8-12(11)15-10-9-13(16)17-14(2,3)4/h11-12,15H,5-10H2,1-4H3/t11-,12-/m0/s1. The average molecular weight is 241 g/mol. The van der Waals surface area contributed by atoms with Gasteiger partial charge in [0.2, 0.25) is 0 Å². The minimum absolute atomic E-state index is 0.103. The van der Waals surface area contributed by atoms with Crippen molar-refractivity contribution in [1.82, 2.24) is 5.32 Å². The molecule has 1 N–H and O–H groups in total. The molecule has 3 nitrogen and oxygen atoms in total. The molecule has 0 aliphatic heterocycles. The monoisotopic (exact) mass is 241 g/mol. The van der Waals surface area contributed by atoms with Crippen LogP contribution in [0.5, 0.6) is 0 Å². The number of carbonyl (C=O) groups excluding carboxylic acids is 1. The molecule has 3 heteroatoms. The summed E-state index contributed by atoms with van der Waals surface area (Å²) in [5.74, 6) is 0.635. The van der Waals surface area contributed by atoms with Crippen molar-refractivity contribution in [3.05, 3.63) is 0 Å². The lowest BCUT2D eigenvalue weighted by Crippen LogP contribution is -2.38. The molecule has 1 aliphatic rings. The molecule has 0 bridgehead atoms. The maximum Gasteiger partial charge on any atom is 0.307 e. The van der Waals surface area contributed by atoms with Gasteiger partial charge < -0.3 is 10.1 Å². The predicted molar refractivity (Wildman–Crippen MR) is 69.9 cm³/mol. The highest BCUT2D eigenvalue weighted by molar-refractivity contribution is 5.70. The molecular weight excluding hydrogens is 214 g/mol. The molecule has 0 spiro atoms. The summed E-state index contributed by atoms with van der Waals surface area (Å²) in [5.41, 5.74) is -0.366. The minimum atomic E-state index is -0.366. The van der Waals surface area contributed by atoms with Crippen molar-refractivity contribution in [2.24, 2.45) is 5.92 Å². The van der Waals surface area contributed by atoms with Crippen molar-refractivity contribution in [1.29, 1.82) is 0 Å². The van der Waals surface area contributed by atoms with Crippen LogP contribution in [0.2, 0.25) is 0 Å². The van der Waals surface area contributed by atoms with Gasteiger partial charge in [-0.05, 0) is 39.5 Å². The van der Waals surface area contributed by atoms with Crippen LogP contribution in [0.1, 0.15) is 59.8 Å². The summed E-state index contributed by atoms with van der Waals surface area (Å²) in [6, 6.07) is 0.589. The fourth-order valence-corrected chi connectivity index (χ4v) is 2.37. The van der Waals surface area contributed by atoms with Gasteiger partial charge >= 0.3 is 5.97 Å². The van der Waals surface area contributed by atoms with E-state index in [2.05, 4.69) is 12.2 Å². The van der Waals surface area contributed by atoms with Gasteiger partial charge in [-0.25, -0.2) is 0 Å². The smallest absolute Gasteiger partial charge is 0.307 e. The minimum Gasteiger partial charge on any atom is -0.460 e. The molecule has 1 rings (SSSR count). The lowest BCUT2D eigenvalue weighted by Gasteiger charge is -2.29. The molecule has 100 valence electrons. The first-order valence-electron chi connectivity index (χ1n) is 6.84. The molecule has 0 amide bonds. The quantitative estimate of drug-likeness (QED) is 0.769. The third-order valence-corrected chi connectivity index (χ3v) is 3.27. The number of esters is 1. The number of hydrogen-bond donors (Lipinski definition) is 1. The van der Waals surface area contributed by atoms with E-state index in [-0.39, 0.29) is 11.6 Å². The van der Waals surface area contributed by atoms with E-state index in [1.165, 1.54) is 25.7 Å². The topological polar surface area (TPSA) is 38.3 Å². The van der Waals surface area contributed by atoms with Gasteiger partial charge in [0.15, 0.2) is 0 Å². The highest BCUT2D eigenvalue weighted by Gasteiger charge is 2.21. The van der Waals surface area contributed by atoms with E-state index >= 15 is 0 Å². The van der Waals surface area contributed by atoms with Gasteiger partial charge in [0.05, 0.1) is 6.42 Å². The number of carbonyl (C=O) groups is 1. The van der Waals surface area contributed by atoms with E-state index in [4.69, 9.17) is 4.74 Å². The predicted octanol–water partition coefficient (Wildman–Crippen LogP) is 2.89. The van der Waals surface area contributed by atoms with Crippen molar-refractivity contribution >= 4 is 5.97 Å². The van der Waals surface area contributed by atoms with Gasteiger partial charge in [0.25, 0.3) is 0 Å². The fraction of sp³-hybridized carbons (Fsp3) is 0.929. The van der Waals surface area contributed by atoms with Gasteiger partial charge in [-0.15, -0.1) is 0 Å². The molecule has 0 aromatic carbocycles. The SMILES string of the molecule is C[C@H]1CCCC[C@@H]1NCCC(=O)OC(C)(C)C. The molecule has 1 aliphatic carbocycles. The molecule has 0 radical (unpaired) electrons. The number of nitrogens with one attached hydrogen (secondary N) is 1. The summed E-state index contributed by atoms with van der Waals surface area (Å²) in [6.45, 7) is 8.75. The maximum absolute atomic E-state index is 11.5. The second-order valence-corrected chi connectivity index (χ2v) is 6.16. The van der Waals surface area contributed by atoms with Crippen LogP contribution in [0.15, 0.2) is 0 Å². The van der Waals surface area contributed by atoms with Crippen LogP contribution < -0.4 is 5.32 Å². The molecular formula is C14H27NO2. The Balaban J connectivity index is 2.16. The molecule has 1 fully saturated rings. The van der Waals surface area contributed by atoms with Crippen LogP contribution in [-0.2, 0) is 9.53 Å². The van der Waals surface area contributed by atoms with E-state index in [9.17, 15) is 4.79 Å². The van der Waals surface area contributed by atoms with Crippen LogP contribution in [-0.4, -0.2) is 24.2 Å². The van der Waals surface area contributed by atoms with Crippen LogP contribution in [0, 0.1) is 5.92 Å². The van der Waals surface area contributed by atoms with E-state index < -0.39 is 0 Å². The second kappa shape index (κ2) is 6.39. The van der Waals surface area contributed by atoms with Crippen LogP contribution in [0.25, 0.3) is 0 Å². The highest BCUT2D eigenvalue weighted by atomic mass is 16.6. The summed E-state index contributed by atoms with van der Waals surface area (Å²) >= 11 is 0. The molecule has 0 heterocycles. The molecule has 1 saturated carbocycles. The Hall–Kier alpha value is -0.570. The summed E-state index contributed by atoms with van der Waals surface area (Å²) in [6.07, 6.45) is 5.69. The number of rotatable bonds is 4. The third-order valence-electron chi connectivity index (χ3n) is 3.27. The van der Waals surface area contributed by atoms with E-state index in [0.717, 1.165) is 12.5 Å². The largest absolute Gasteiger partial charge is 0.460 e. The molecule has 2 atom stereocenters. The Morgan fingerprint density at radius 3 is 2.53 bits per heavy atom. The Morgan fingerprint density at radius 1 is 1.29 bits per heavy atom. The summed E-state index contributed by atoms with van der Waals surface area (Å²) < 4.78 is 5.28. The summed E-state index contributed by atoms with van der Waals surface area (Å²) in [5, 5.41) is 3.49. The zero-order valence-corrected chi connectivity index (χ0v) is 11.7. The lowest BCUT2D eigenvalue weighted by molar-refractivity contribution is -0.154. The van der Waals surface area contributed by atoms with E-state index in [1.54, 1.807) is 0 Å². The first-order valence-corrected chi connectivity index (χ1v) is 6.84. The highest BCUT2D eigenvalue weighted by Crippen LogP contribution is 2.23. The van der Waals surface area contributed by atoms with Crippen molar-refractivity contribution < 1.29 is 9.53 Å². The number of hydrogen-bond acceptors (Lipinski definition) is 3. The van der Waals surface area contributed by atoms with Crippen molar-refractivity contribution in [2.45, 2.75) is 71.4 Å². The zero-order valence-electron chi connectivity index (χ0n) is 11.7. The summed E-state index contributed by atoms with van der Waals surface area (Å²) in [4.78, 5) is 11.5. The Kier molecular flexibility index (Phi) is 5.44. The Bertz CT molecular complexity index is 245. The third kappa shape index (κ3) is 6.06. The number of ether oxygens (including phenoxy) is 1. The van der Waals surface area contributed by atoms with Gasteiger partial charge in [0.1, 0.15) is 5.60 Å². The van der Waals surface area contributed by atoms with Crippen LogP contribution >= 0.6 is 0 Å². The Labute approximate surface area is 105 Å². The van der Waals surface area contributed by atoms with E-state index in [1.807, 2.05) is 20.8 Å². The molecule has 0 unspecified atom stereocenters. The summed E-state index contributed by atoms with van der Waals surface area (Å²) in [7, 11) is 0. The molecule has 0 saturated heterocycles. The normalized spacial score (nSPS) is 25.6. The fourth-order valence-electron chi connectivity index (χ4n) is 2.37. The molecule has 0 aromatic rings. The zero-order chi connectivity index (χ0) is 12.9. The van der Waals surface area contributed by atoms with Crippen LogP contribution in [0.3, 0.4) is 0 Å². The molecule has 0 aromatic heterocycles. The Morgan fingerprint density at radius 2 is 1.94 bits per heavy atom. The van der Waals surface area contributed by atoms with Crippen molar-refractivity contribution in [3.8, 4) is 0 Å². The van der Waals surface area contributed by atoms with Gasteiger partial charge in [-0.1, -0.05) is 19.8 Å². The van der Waals surface area contributed by atoms with Crippen LogP contribution in [0.4, 0.5) is 0 Å². The lowest BCUT2D eigenvalue weighted by atomic mass is 9.86. The molecule has 17 heavy (non-hydrogen) atoms. The first-order chi connectivity index (χ1) is 7.88. The van der Waals surface area contributed by atoms with E-state index in [0.29, 0.717) is 12.5 Å². The average Bonchev–Trinajstić information content (AvgIpc) is 2.18. The van der Waals surface area contributed by atoms with Gasteiger partial charge in [0, 0.05) is 12.6 Å². The maximum atomic E-state index is 11.5. The second-order valence-electron chi connectivity index (χ2n) is 6.16. The van der Waals surface area contributed by atoms with Gasteiger partial charge in [-0.3, -0.25) is 4.79 Å². The van der Waals surface area contributed by atoms with Crippen molar-refractivity contribution in [3.63, 3.8) is 0 Å².